The maximum Gasteiger partial charge on any atom is 0.408 e. The van der Waals surface area contributed by atoms with Gasteiger partial charge in [-0.25, -0.2) is 9.59 Å². The number of alkyl carbamates (subject to hydrolysis) is 1. The molecular weight excluding hydrogens is 198 g/mol. The van der Waals surface area contributed by atoms with Crippen molar-refractivity contribution >= 4 is 12.1 Å². The lowest BCUT2D eigenvalue weighted by Gasteiger charge is -2.23. The van der Waals surface area contributed by atoms with Crippen molar-refractivity contribution in [2.45, 2.75) is 46.0 Å². The summed E-state index contributed by atoms with van der Waals surface area (Å²) in [6.45, 7) is -8.33. The van der Waals surface area contributed by atoms with E-state index in [0.29, 0.717) is 0 Å². The number of carbonyl (C=O) groups is 2. The summed E-state index contributed by atoms with van der Waals surface area (Å²) in [4.78, 5) is 22.9. The van der Waals surface area contributed by atoms with Crippen LogP contribution in [0, 0.1) is 5.92 Å². The quantitative estimate of drug-likeness (QED) is 0.766. The van der Waals surface area contributed by atoms with E-state index in [9.17, 15) is 9.59 Å². The van der Waals surface area contributed by atoms with Crippen molar-refractivity contribution in [3.05, 3.63) is 0 Å². The van der Waals surface area contributed by atoms with Gasteiger partial charge in [-0.1, -0.05) is 13.8 Å². The van der Waals surface area contributed by atoms with E-state index in [1.807, 2.05) is 0 Å². The topological polar surface area (TPSA) is 75.6 Å². The van der Waals surface area contributed by atoms with Gasteiger partial charge in [0.15, 0.2) is 0 Å². The van der Waals surface area contributed by atoms with Crippen molar-refractivity contribution in [1.82, 2.24) is 5.32 Å². The van der Waals surface area contributed by atoms with Gasteiger partial charge in [-0.3, -0.25) is 0 Å². The summed E-state index contributed by atoms with van der Waals surface area (Å²) >= 11 is 0. The first-order valence-corrected chi connectivity index (χ1v) is 4.11. The van der Waals surface area contributed by atoms with Gasteiger partial charge < -0.3 is 15.2 Å². The fraction of sp³-hybridized carbons (Fsp3) is 0.800. The van der Waals surface area contributed by atoms with E-state index in [1.54, 1.807) is 5.32 Å². The molecule has 0 fully saturated rings. The highest BCUT2D eigenvalue weighted by Crippen LogP contribution is 2.08. The minimum atomic E-state index is -3.81. The van der Waals surface area contributed by atoms with Crippen molar-refractivity contribution in [2.75, 3.05) is 0 Å². The van der Waals surface area contributed by atoms with E-state index in [-0.39, 0.29) is 0 Å². The second-order valence-electron chi connectivity index (χ2n) is 3.27. The summed E-state index contributed by atoms with van der Waals surface area (Å²) in [5.41, 5.74) is -3.81. The molecule has 0 saturated carbocycles. The summed E-state index contributed by atoms with van der Waals surface area (Å²) in [7, 11) is 0. The molecule has 0 saturated heterocycles. The largest absolute Gasteiger partial charge is 0.480 e. The smallest absolute Gasteiger partial charge is 0.408 e. The molecule has 0 aliphatic rings. The molecule has 2 N–H and O–H groups in total. The van der Waals surface area contributed by atoms with Gasteiger partial charge in [-0.15, -0.1) is 0 Å². The molecule has 0 unspecified atom stereocenters. The molecule has 0 aromatic heterocycles. The van der Waals surface area contributed by atoms with Crippen molar-refractivity contribution in [2.24, 2.45) is 5.92 Å². The first-order chi connectivity index (χ1) is 10.4. The molecule has 0 aliphatic heterocycles. The molecule has 0 aliphatic carbocycles. The fourth-order valence-corrected chi connectivity index (χ4v) is 0.809. The monoisotopic (exact) mass is 226 g/mol. The number of carbonyl (C=O) groups excluding carboxylic acids is 1. The van der Waals surface area contributed by atoms with Gasteiger partial charge in [-0.2, -0.15) is 0 Å². The molecule has 88 valence electrons. The summed E-state index contributed by atoms with van der Waals surface area (Å²) in [5.74, 6) is -2.14. The number of hydrogen-bond donors (Lipinski definition) is 2. The fourth-order valence-electron chi connectivity index (χ4n) is 0.809. The molecule has 1 atom stereocenters. The number of nitrogens with one attached hydrogen (secondary N) is 1. The van der Waals surface area contributed by atoms with Crippen molar-refractivity contribution in [3.8, 4) is 0 Å². The number of carboxylic acids is 1. The van der Waals surface area contributed by atoms with Gasteiger partial charge >= 0.3 is 12.1 Å². The molecule has 0 aromatic rings. The molecule has 0 spiro atoms. The van der Waals surface area contributed by atoms with E-state index in [4.69, 9.17) is 17.4 Å². The Hall–Kier alpha value is -1.26. The maximum atomic E-state index is 11.9. The summed E-state index contributed by atoms with van der Waals surface area (Å²) in [5, 5.41) is 10.7. The Bertz CT molecular complexity index is 444. The van der Waals surface area contributed by atoms with Gasteiger partial charge in [0.2, 0.25) is 0 Å². The Balaban J connectivity index is 5.91. The Morgan fingerprint density at radius 1 is 1.40 bits per heavy atom. The number of amides is 1. The van der Waals surface area contributed by atoms with E-state index in [1.165, 1.54) is 13.8 Å². The van der Waals surface area contributed by atoms with Gasteiger partial charge in [0.05, 0.1) is 0 Å². The minimum absolute atomic E-state index is 0.655. The van der Waals surface area contributed by atoms with E-state index in [0.717, 1.165) is 0 Å². The van der Waals surface area contributed by atoms with Crippen LogP contribution in [-0.2, 0) is 9.53 Å². The number of ether oxygens (including phenoxy) is 1. The second-order valence-corrected chi connectivity index (χ2v) is 3.27. The SMILES string of the molecule is [2H]C([2H])([2H])C(OC(=O)N[C@H](C(=O)O)C(C)C)(C([2H])([2H])[2H])C([2H])([2H])[2H]. The highest BCUT2D eigenvalue weighted by Gasteiger charge is 2.26. The molecular formula is C10H19NO4. The third-order valence-electron chi connectivity index (χ3n) is 1.45. The highest BCUT2D eigenvalue weighted by molar-refractivity contribution is 5.80. The molecule has 5 nitrogen and oxygen atoms in total. The Labute approximate surface area is 102 Å². The lowest BCUT2D eigenvalue weighted by Crippen LogP contribution is -2.46. The number of carboxylic acid groups (broad SMARTS) is 1. The predicted octanol–water partition coefficient (Wildman–Crippen LogP) is 1.62. The lowest BCUT2D eigenvalue weighted by atomic mass is 10.1. The second kappa shape index (κ2) is 5.00. The zero-order chi connectivity index (χ0) is 19.7. The van der Waals surface area contributed by atoms with E-state index in [2.05, 4.69) is 4.74 Å². The molecule has 0 aromatic carbocycles. The molecule has 0 radical (unpaired) electrons. The highest BCUT2D eigenvalue weighted by atomic mass is 16.6. The Morgan fingerprint density at radius 3 is 2.27 bits per heavy atom. The molecule has 15 heavy (non-hydrogen) atoms. The summed E-state index contributed by atoms with van der Waals surface area (Å²) < 4.78 is 69.9. The van der Waals surface area contributed by atoms with E-state index < -0.39 is 50.2 Å². The number of hydrogen-bond acceptors (Lipinski definition) is 3. The van der Waals surface area contributed by atoms with Crippen LogP contribution >= 0.6 is 0 Å². The zero-order valence-corrected chi connectivity index (χ0v) is 8.33. The molecule has 1 amide bonds. The Morgan fingerprint density at radius 2 is 1.93 bits per heavy atom. The lowest BCUT2D eigenvalue weighted by molar-refractivity contribution is -0.140. The zero-order valence-electron chi connectivity index (χ0n) is 17.3. The van der Waals surface area contributed by atoms with Gasteiger partial charge in [0.25, 0.3) is 0 Å². The predicted molar refractivity (Wildman–Crippen MR) is 55.6 cm³/mol. The van der Waals surface area contributed by atoms with Gasteiger partial charge in [0.1, 0.15) is 11.6 Å². The average molecular weight is 226 g/mol. The molecule has 5 heteroatoms. The number of rotatable bonds is 3. The third kappa shape index (κ3) is 5.93. The summed E-state index contributed by atoms with van der Waals surface area (Å²) in [6, 6.07) is -1.53. The van der Waals surface area contributed by atoms with Crippen molar-refractivity contribution in [3.63, 3.8) is 0 Å². The number of aliphatic carboxylic acids is 1. The van der Waals surface area contributed by atoms with Crippen LogP contribution in [0.25, 0.3) is 0 Å². The normalized spacial score (nSPS) is 24.9. The van der Waals surface area contributed by atoms with Crippen LogP contribution in [0.5, 0.6) is 0 Å². The van der Waals surface area contributed by atoms with Crippen LogP contribution in [0.4, 0.5) is 4.79 Å². The molecule has 0 rings (SSSR count). The summed E-state index contributed by atoms with van der Waals surface area (Å²) in [6.07, 6.45) is -1.76. The van der Waals surface area contributed by atoms with Crippen LogP contribution in [0.2, 0.25) is 0 Å². The van der Waals surface area contributed by atoms with E-state index >= 15 is 0 Å². The van der Waals surface area contributed by atoms with Crippen molar-refractivity contribution in [1.29, 1.82) is 0 Å². The van der Waals surface area contributed by atoms with Crippen LogP contribution in [0.3, 0.4) is 0 Å². The van der Waals surface area contributed by atoms with Crippen LogP contribution in [0.1, 0.15) is 46.7 Å². The first kappa shape index (κ1) is 4.72. The molecule has 0 heterocycles. The van der Waals surface area contributed by atoms with Gasteiger partial charge in [0, 0.05) is 12.3 Å². The average Bonchev–Trinajstić information content (AvgIpc) is 2.27. The molecule has 0 bridgehead atoms. The van der Waals surface area contributed by atoms with Crippen LogP contribution in [-0.4, -0.2) is 28.8 Å². The first-order valence-electron chi connectivity index (χ1n) is 8.61. The van der Waals surface area contributed by atoms with Crippen LogP contribution in [0.15, 0.2) is 0 Å². The standard InChI is InChI=1S/C10H19NO4/c1-6(2)7(8(12)13)11-9(14)15-10(3,4)5/h6-7H,1-5H3,(H,11,14)(H,12,13)/t7-/m0/s1/i3D3,4D3,5D3. The Kier molecular flexibility index (Phi) is 1.57. The van der Waals surface area contributed by atoms with Gasteiger partial charge in [-0.05, 0) is 26.5 Å². The minimum Gasteiger partial charge on any atom is -0.480 e. The van der Waals surface area contributed by atoms with Crippen LogP contribution < -0.4 is 5.32 Å². The maximum absolute atomic E-state index is 11.9. The third-order valence-corrected chi connectivity index (χ3v) is 1.45. The van der Waals surface area contributed by atoms with Crippen molar-refractivity contribution < 1.29 is 31.8 Å².